The molecule has 2 saturated carbocycles. The number of Topliss-reactive ketones (excluding diaryl/α,β-unsaturated/α-hetero) is 1. The first-order chi connectivity index (χ1) is 16.6. The SMILES string of the molecule is CC[C@@H]1C[C@H](N2CCC(C3CCCCC3=O)[C@H]2C(=O)O)C[C@@H]1c1nnc2cnc3[nH]ccc3n12. The van der Waals surface area contributed by atoms with Crippen molar-refractivity contribution in [1.29, 1.82) is 0 Å². The molecular weight excluding hydrogens is 432 g/mol. The molecule has 3 aromatic heterocycles. The van der Waals surface area contributed by atoms with E-state index in [9.17, 15) is 14.7 Å². The predicted octanol–water partition coefficient (Wildman–Crippen LogP) is 3.41. The zero-order chi connectivity index (χ0) is 23.4. The molecule has 3 aromatic rings. The summed E-state index contributed by atoms with van der Waals surface area (Å²) >= 11 is 0. The Hall–Kier alpha value is -2.81. The predicted molar refractivity (Wildman–Crippen MR) is 125 cm³/mol. The van der Waals surface area contributed by atoms with Crippen molar-refractivity contribution in [2.75, 3.05) is 6.54 Å². The van der Waals surface area contributed by atoms with E-state index in [1.54, 1.807) is 6.20 Å². The van der Waals surface area contributed by atoms with Crippen molar-refractivity contribution in [2.45, 2.75) is 76.3 Å². The van der Waals surface area contributed by atoms with Gasteiger partial charge < -0.3 is 10.1 Å². The number of hydrogen-bond acceptors (Lipinski definition) is 6. The lowest BCUT2D eigenvalue weighted by Crippen LogP contribution is -2.47. The third-order valence-corrected chi connectivity index (χ3v) is 8.82. The molecule has 3 fully saturated rings. The number of H-pyrrole nitrogens is 1. The van der Waals surface area contributed by atoms with Crippen molar-refractivity contribution in [2.24, 2.45) is 17.8 Å². The summed E-state index contributed by atoms with van der Waals surface area (Å²) < 4.78 is 2.11. The number of carboxylic acid groups (broad SMARTS) is 1. The lowest BCUT2D eigenvalue weighted by atomic mass is 9.75. The van der Waals surface area contributed by atoms with E-state index in [0.717, 1.165) is 74.1 Å². The number of rotatable bonds is 5. The number of fused-ring (bicyclic) bond motifs is 3. The average Bonchev–Trinajstić information content (AvgIpc) is 3.62. The van der Waals surface area contributed by atoms with E-state index < -0.39 is 12.0 Å². The van der Waals surface area contributed by atoms with E-state index in [-0.39, 0.29) is 29.6 Å². The minimum Gasteiger partial charge on any atom is -0.480 e. The monoisotopic (exact) mass is 464 g/mol. The molecule has 4 heterocycles. The summed E-state index contributed by atoms with van der Waals surface area (Å²) in [4.78, 5) is 35.0. The van der Waals surface area contributed by atoms with Crippen LogP contribution in [0, 0.1) is 17.8 Å². The van der Waals surface area contributed by atoms with Crippen LogP contribution >= 0.6 is 0 Å². The van der Waals surface area contributed by atoms with E-state index >= 15 is 0 Å². The first kappa shape index (κ1) is 21.7. The van der Waals surface area contributed by atoms with Crippen LogP contribution in [0.2, 0.25) is 0 Å². The number of likely N-dealkylation sites (tertiary alicyclic amines) is 1. The van der Waals surface area contributed by atoms with Crippen molar-refractivity contribution in [3.63, 3.8) is 0 Å². The van der Waals surface area contributed by atoms with Crippen LogP contribution in [-0.4, -0.2) is 65.0 Å². The fourth-order valence-corrected chi connectivity index (χ4v) is 7.23. The number of carboxylic acids is 1. The summed E-state index contributed by atoms with van der Waals surface area (Å²) in [6.07, 6.45) is 10.7. The number of ketones is 1. The van der Waals surface area contributed by atoms with Gasteiger partial charge in [0.15, 0.2) is 11.3 Å². The summed E-state index contributed by atoms with van der Waals surface area (Å²) in [5, 5.41) is 19.2. The van der Waals surface area contributed by atoms with Crippen molar-refractivity contribution in [3.05, 3.63) is 24.3 Å². The highest BCUT2D eigenvalue weighted by atomic mass is 16.4. The van der Waals surface area contributed by atoms with E-state index in [4.69, 9.17) is 0 Å². The number of aliphatic carboxylic acids is 1. The molecule has 6 rings (SSSR count). The summed E-state index contributed by atoms with van der Waals surface area (Å²) in [5.41, 5.74) is 2.51. The molecule has 0 amide bonds. The number of carbonyl (C=O) groups excluding carboxylic acids is 1. The summed E-state index contributed by atoms with van der Waals surface area (Å²) in [6.45, 7) is 2.96. The summed E-state index contributed by atoms with van der Waals surface area (Å²) in [7, 11) is 0. The lowest BCUT2D eigenvalue weighted by Gasteiger charge is -2.34. The number of carbonyl (C=O) groups is 2. The maximum atomic E-state index is 12.7. The second-order valence-corrected chi connectivity index (χ2v) is 10.4. The van der Waals surface area contributed by atoms with Crippen LogP contribution in [0.5, 0.6) is 0 Å². The average molecular weight is 465 g/mol. The molecule has 1 saturated heterocycles. The highest BCUT2D eigenvalue weighted by molar-refractivity contribution is 5.84. The maximum Gasteiger partial charge on any atom is 0.321 e. The minimum absolute atomic E-state index is 0.0658. The molecule has 9 nitrogen and oxygen atoms in total. The maximum absolute atomic E-state index is 12.7. The van der Waals surface area contributed by atoms with Crippen LogP contribution in [0.25, 0.3) is 16.8 Å². The van der Waals surface area contributed by atoms with Gasteiger partial charge in [-0.1, -0.05) is 19.8 Å². The highest BCUT2D eigenvalue weighted by Gasteiger charge is 2.50. The number of hydrogen-bond donors (Lipinski definition) is 2. The molecule has 2 aliphatic carbocycles. The molecule has 0 bridgehead atoms. The van der Waals surface area contributed by atoms with Crippen molar-refractivity contribution in [3.8, 4) is 0 Å². The molecule has 0 spiro atoms. The second kappa shape index (κ2) is 8.45. The van der Waals surface area contributed by atoms with Crippen molar-refractivity contribution >= 4 is 28.6 Å². The Labute approximate surface area is 197 Å². The Bertz CT molecular complexity index is 1230. The van der Waals surface area contributed by atoms with Gasteiger partial charge in [0, 0.05) is 30.5 Å². The van der Waals surface area contributed by atoms with Gasteiger partial charge >= 0.3 is 5.97 Å². The largest absolute Gasteiger partial charge is 0.480 e. The molecule has 180 valence electrons. The second-order valence-electron chi connectivity index (χ2n) is 10.4. The third kappa shape index (κ3) is 3.35. The van der Waals surface area contributed by atoms with Crippen LogP contribution in [0.1, 0.15) is 70.0 Å². The smallest absolute Gasteiger partial charge is 0.321 e. The zero-order valence-corrected chi connectivity index (χ0v) is 19.6. The molecule has 0 aromatic carbocycles. The van der Waals surface area contributed by atoms with Gasteiger partial charge in [0.1, 0.15) is 17.6 Å². The van der Waals surface area contributed by atoms with Gasteiger partial charge in [0.05, 0.1) is 11.7 Å². The first-order valence-corrected chi connectivity index (χ1v) is 12.7. The van der Waals surface area contributed by atoms with Gasteiger partial charge in [-0.05, 0) is 56.6 Å². The van der Waals surface area contributed by atoms with Gasteiger partial charge in [-0.15, -0.1) is 10.2 Å². The number of aromatic amines is 1. The number of nitrogens with one attached hydrogen (secondary N) is 1. The highest BCUT2D eigenvalue weighted by Crippen LogP contribution is 2.47. The molecule has 2 unspecified atom stereocenters. The molecule has 2 N–H and O–H groups in total. The summed E-state index contributed by atoms with van der Waals surface area (Å²) in [5.74, 6) is 0.906. The quantitative estimate of drug-likeness (QED) is 0.594. The van der Waals surface area contributed by atoms with Crippen LogP contribution < -0.4 is 0 Å². The van der Waals surface area contributed by atoms with E-state index in [1.807, 2.05) is 12.3 Å². The van der Waals surface area contributed by atoms with Crippen LogP contribution in [0.15, 0.2) is 18.5 Å². The Morgan fingerprint density at radius 1 is 1.21 bits per heavy atom. The van der Waals surface area contributed by atoms with Crippen LogP contribution in [0.3, 0.4) is 0 Å². The molecule has 3 aliphatic rings. The number of nitrogens with zero attached hydrogens (tertiary/aromatic N) is 5. The van der Waals surface area contributed by atoms with Gasteiger partial charge in [0.2, 0.25) is 0 Å². The molecular formula is C25H32N6O3. The molecule has 1 aliphatic heterocycles. The minimum atomic E-state index is -0.773. The van der Waals surface area contributed by atoms with Gasteiger partial charge in [0.25, 0.3) is 0 Å². The van der Waals surface area contributed by atoms with Crippen molar-refractivity contribution < 1.29 is 14.7 Å². The fourth-order valence-electron chi connectivity index (χ4n) is 7.23. The van der Waals surface area contributed by atoms with Gasteiger partial charge in [-0.2, -0.15) is 0 Å². The zero-order valence-electron chi connectivity index (χ0n) is 19.6. The Balaban J connectivity index is 1.30. The van der Waals surface area contributed by atoms with E-state index in [0.29, 0.717) is 12.3 Å². The van der Waals surface area contributed by atoms with Crippen LogP contribution in [0.4, 0.5) is 0 Å². The third-order valence-electron chi connectivity index (χ3n) is 8.82. The molecule has 6 atom stereocenters. The van der Waals surface area contributed by atoms with E-state index in [1.165, 1.54) is 0 Å². The van der Waals surface area contributed by atoms with Gasteiger partial charge in [-0.25, -0.2) is 4.98 Å². The first-order valence-electron chi connectivity index (χ1n) is 12.7. The summed E-state index contributed by atoms with van der Waals surface area (Å²) in [6, 6.07) is 1.61. The molecule has 34 heavy (non-hydrogen) atoms. The van der Waals surface area contributed by atoms with Crippen molar-refractivity contribution in [1.82, 2.24) is 29.5 Å². The number of aromatic nitrogens is 5. The van der Waals surface area contributed by atoms with Crippen LogP contribution in [-0.2, 0) is 9.59 Å². The normalized spacial score (nSPS) is 32.8. The van der Waals surface area contributed by atoms with Gasteiger partial charge in [-0.3, -0.25) is 18.9 Å². The fraction of sp³-hybridized carbons (Fsp3) is 0.640. The Kier molecular flexibility index (Phi) is 5.39. The Morgan fingerprint density at radius 3 is 2.88 bits per heavy atom. The molecule has 0 radical (unpaired) electrons. The topological polar surface area (TPSA) is 116 Å². The van der Waals surface area contributed by atoms with E-state index in [2.05, 4.69) is 36.4 Å². The lowest BCUT2D eigenvalue weighted by molar-refractivity contribution is -0.145. The molecule has 9 heteroatoms. The Morgan fingerprint density at radius 2 is 2.09 bits per heavy atom. The standard InChI is InChI=1S/C25H32N6O3/c1-2-14-11-15(30-10-8-17(22(30)25(33)34)16-5-3-4-6-20(16)32)12-18(14)24-29-28-21-13-27-23-19(31(21)24)7-9-26-23/h7,9,13-18,22,26H,2-6,8,10-12H2,1H3,(H,33,34)/t14-,15+,16?,17?,18+,22+/m1/s1.